The maximum atomic E-state index is 13.1. The molecule has 0 bridgehead atoms. The Bertz CT molecular complexity index is 979. The van der Waals surface area contributed by atoms with Gasteiger partial charge in [0.05, 0.1) is 6.10 Å². The number of nitrogens with zero attached hydrogens (tertiary/aromatic N) is 1. The van der Waals surface area contributed by atoms with E-state index in [4.69, 9.17) is 4.74 Å². The molecule has 0 spiro atoms. The highest BCUT2D eigenvalue weighted by Gasteiger charge is 2.24. The minimum atomic E-state index is -0.819. The van der Waals surface area contributed by atoms with E-state index < -0.39 is 17.8 Å². The van der Waals surface area contributed by atoms with Crippen molar-refractivity contribution in [3.05, 3.63) is 78.1 Å². The number of benzene rings is 3. The second-order valence-electron chi connectivity index (χ2n) is 8.02. The Morgan fingerprint density at radius 3 is 2.34 bits per heavy atom. The largest absolute Gasteiger partial charge is 0.443 e. The first kappa shape index (κ1) is 20.8. The fourth-order valence-corrected chi connectivity index (χ4v) is 3.09. The molecular weight excluding hydrogens is 369 g/mol. The molecule has 0 aromatic heterocycles. The van der Waals surface area contributed by atoms with Crippen molar-refractivity contribution in [2.45, 2.75) is 38.9 Å². The number of ether oxygens (including phenoxy) is 1. The van der Waals surface area contributed by atoms with Gasteiger partial charge in [-0.3, -0.25) is 4.90 Å². The van der Waals surface area contributed by atoms with Crippen LogP contribution in [0.1, 0.15) is 38.9 Å². The van der Waals surface area contributed by atoms with Crippen molar-refractivity contribution in [2.75, 3.05) is 11.4 Å². The molecule has 0 aliphatic carbocycles. The number of anilines is 1. The second kappa shape index (κ2) is 8.62. The predicted molar refractivity (Wildman–Crippen MR) is 114 cm³/mol. The number of rotatable bonds is 5. The number of hydrogen-bond acceptors (Lipinski definition) is 3. The number of aliphatic hydroxyl groups is 1. The topological polar surface area (TPSA) is 49.8 Å². The number of hydrogen-bond donors (Lipinski definition) is 1. The molecular formula is C24H26FNO3. The quantitative estimate of drug-likeness (QED) is 0.590. The third-order valence-corrected chi connectivity index (χ3v) is 4.54. The van der Waals surface area contributed by atoms with Crippen LogP contribution in [0.3, 0.4) is 0 Å². The summed E-state index contributed by atoms with van der Waals surface area (Å²) >= 11 is 0. The fraction of sp³-hybridized carbons (Fsp3) is 0.292. The minimum absolute atomic E-state index is 0.256. The summed E-state index contributed by atoms with van der Waals surface area (Å²) < 4.78 is 18.7. The van der Waals surface area contributed by atoms with Crippen molar-refractivity contribution in [2.24, 2.45) is 0 Å². The van der Waals surface area contributed by atoms with Crippen LogP contribution in [-0.4, -0.2) is 23.3 Å². The molecule has 3 aromatic rings. The van der Waals surface area contributed by atoms with Gasteiger partial charge in [0, 0.05) is 12.2 Å². The molecule has 1 atom stereocenters. The number of aliphatic hydroxyl groups excluding tert-OH is 1. The molecule has 1 unspecified atom stereocenters. The lowest BCUT2D eigenvalue weighted by atomic mass is 10.1. The smallest absolute Gasteiger partial charge is 0.414 e. The van der Waals surface area contributed by atoms with Crippen LogP contribution in [0.25, 0.3) is 10.8 Å². The van der Waals surface area contributed by atoms with Gasteiger partial charge in [-0.15, -0.1) is 0 Å². The third kappa shape index (κ3) is 5.55. The van der Waals surface area contributed by atoms with Crippen molar-refractivity contribution in [3.63, 3.8) is 0 Å². The molecule has 5 heteroatoms. The normalized spacial score (nSPS) is 12.6. The first-order valence-electron chi connectivity index (χ1n) is 9.66. The highest BCUT2D eigenvalue weighted by molar-refractivity contribution is 5.93. The molecule has 29 heavy (non-hydrogen) atoms. The van der Waals surface area contributed by atoms with E-state index in [2.05, 4.69) is 0 Å². The van der Waals surface area contributed by atoms with Gasteiger partial charge in [-0.2, -0.15) is 0 Å². The fourth-order valence-electron chi connectivity index (χ4n) is 3.09. The first-order valence-corrected chi connectivity index (χ1v) is 9.66. The van der Waals surface area contributed by atoms with Crippen molar-refractivity contribution < 1.29 is 19.0 Å². The van der Waals surface area contributed by atoms with Gasteiger partial charge >= 0.3 is 6.09 Å². The maximum absolute atomic E-state index is 13.1. The van der Waals surface area contributed by atoms with Gasteiger partial charge in [0.2, 0.25) is 0 Å². The monoisotopic (exact) mass is 395 g/mol. The predicted octanol–water partition coefficient (Wildman–Crippen LogP) is 5.84. The zero-order valence-electron chi connectivity index (χ0n) is 16.9. The third-order valence-electron chi connectivity index (χ3n) is 4.54. The minimum Gasteiger partial charge on any atom is -0.443 e. The summed E-state index contributed by atoms with van der Waals surface area (Å²) in [6.45, 7) is 5.70. The van der Waals surface area contributed by atoms with E-state index in [0.717, 1.165) is 10.8 Å². The second-order valence-corrected chi connectivity index (χ2v) is 8.02. The molecule has 4 nitrogen and oxygen atoms in total. The van der Waals surface area contributed by atoms with Gasteiger partial charge in [0.15, 0.2) is 0 Å². The van der Waals surface area contributed by atoms with E-state index >= 15 is 0 Å². The van der Waals surface area contributed by atoms with Gasteiger partial charge < -0.3 is 9.84 Å². The zero-order valence-corrected chi connectivity index (χ0v) is 16.9. The van der Waals surface area contributed by atoms with Crippen LogP contribution in [0, 0.1) is 5.82 Å². The van der Waals surface area contributed by atoms with Crippen LogP contribution in [0.15, 0.2) is 66.7 Å². The lowest BCUT2D eigenvalue weighted by molar-refractivity contribution is 0.0574. The number of fused-ring (bicyclic) bond motifs is 1. The van der Waals surface area contributed by atoms with Gasteiger partial charge in [-0.05, 0) is 67.8 Å². The Kier molecular flexibility index (Phi) is 6.18. The van der Waals surface area contributed by atoms with E-state index in [9.17, 15) is 14.3 Å². The lowest BCUT2D eigenvalue weighted by Gasteiger charge is -2.28. The van der Waals surface area contributed by atoms with Gasteiger partial charge in [-0.25, -0.2) is 9.18 Å². The SMILES string of the molecule is CC(C)(C)OC(=O)N(CCC(O)c1ccc(F)cc1)c1ccc2ccccc2c1. The Labute approximate surface area is 170 Å². The molecule has 1 amide bonds. The van der Waals surface area contributed by atoms with Crippen molar-refractivity contribution in [3.8, 4) is 0 Å². The molecule has 1 N–H and O–H groups in total. The molecule has 0 radical (unpaired) electrons. The number of carbonyl (C=O) groups excluding carboxylic acids is 1. The summed E-state index contributed by atoms with van der Waals surface area (Å²) in [7, 11) is 0. The van der Waals surface area contributed by atoms with Crippen LogP contribution in [0.5, 0.6) is 0 Å². The molecule has 3 rings (SSSR count). The number of halogens is 1. The van der Waals surface area contributed by atoms with Crippen molar-refractivity contribution in [1.82, 2.24) is 0 Å². The van der Waals surface area contributed by atoms with E-state index in [-0.39, 0.29) is 18.8 Å². The summed E-state index contributed by atoms with van der Waals surface area (Å²) in [6, 6.07) is 19.4. The van der Waals surface area contributed by atoms with Gasteiger partial charge in [0.1, 0.15) is 11.4 Å². The Hall–Kier alpha value is -2.92. The molecule has 0 fully saturated rings. The highest BCUT2D eigenvalue weighted by atomic mass is 19.1. The Balaban J connectivity index is 1.83. The molecule has 0 saturated heterocycles. The summed E-state index contributed by atoms with van der Waals surface area (Å²) in [6.07, 6.45) is -1.00. The number of carbonyl (C=O) groups is 1. The van der Waals surface area contributed by atoms with Crippen LogP contribution in [0.2, 0.25) is 0 Å². The number of amides is 1. The Morgan fingerprint density at radius 1 is 1.03 bits per heavy atom. The summed E-state index contributed by atoms with van der Waals surface area (Å²) in [5, 5.41) is 12.6. The summed E-state index contributed by atoms with van der Waals surface area (Å²) in [4.78, 5) is 14.4. The van der Waals surface area contributed by atoms with Gasteiger partial charge in [0.25, 0.3) is 0 Å². The molecule has 0 aliphatic rings. The highest BCUT2D eigenvalue weighted by Crippen LogP contribution is 2.26. The average molecular weight is 395 g/mol. The van der Waals surface area contributed by atoms with Crippen molar-refractivity contribution >= 4 is 22.6 Å². The van der Waals surface area contributed by atoms with E-state index in [1.54, 1.807) is 12.1 Å². The zero-order chi connectivity index (χ0) is 21.0. The Morgan fingerprint density at radius 2 is 1.69 bits per heavy atom. The molecule has 3 aromatic carbocycles. The van der Waals surface area contributed by atoms with E-state index in [0.29, 0.717) is 11.3 Å². The molecule has 0 saturated carbocycles. The van der Waals surface area contributed by atoms with Crippen LogP contribution >= 0.6 is 0 Å². The molecule has 152 valence electrons. The van der Waals surface area contributed by atoms with E-state index in [1.165, 1.54) is 17.0 Å². The van der Waals surface area contributed by atoms with E-state index in [1.807, 2.05) is 63.2 Å². The van der Waals surface area contributed by atoms with Crippen molar-refractivity contribution in [1.29, 1.82) is 0 Å². The van der Waals surface area contributed by atoms with Crippen LogP contribution in [0.4, 0.5) is 14.9 Å². The summed E-state index contributed by atoms with van der Waals surface area (Å²) in [5.74, 6) is -0.354. The average Bonchev–Trinajstić information content (AvgIpc) is 2.67. The van der Waals surface area contributed by atoms with Crippen LogP contribution in [-0.2, 0) is 4.74 Å². The van der Waals surface area contributed by atoms with Crippen LogP contribution < -0.4 is 4.90 Å². The molecule has 0 heterocycles. The first-order chi connectivity index (χ1) is 13.7. The van der Waals surface area contributed by atoms with Gasteiger partial charge in [-0.1, -0.05) is 42.5 Å². The standard InChI is InChI=1S/C24H26FNO3/c1-24(2,3)29-23(28)26(15-14-22(27)18-8-11-20(25)12-9-18)21-13-10-17-6-4-5-7-19(17)16-21/h4-13,16,22,27H,14-15H2,1-3H3. The maximum Gasteiger partial charge on any atom is 0.414 e. The molecule has 0 aliphatic heterocycles. The lowest BCUT2D eigenvalue weighted by Crippen LogP contribution is -2.38. The summed E-state index contributed by atoms with van der Waals surface area (Å²) in [5.41, 5.74) is 0.667.